The van der Waals surface area contributed by atoms with Crippen LogP contribution >= 0.6 is 0 Å². The van der Waals surface area contributed by atoms with E-state index in [0.29, 0.717) is 5.92 Å². The van der Waals surface area contributed by atoms with Crippen LogP contribution in [0.1, 0.15) is 57.6 Å². The second kappa shape index (κ2) is 7.46. The molecule has 0 radical (unpaired) electrons. The smallest absolute Gasteiger partial charge is 0.134 e. The van der Waals surface area contributed by atoms with E-state index in [0.717, 1.165) is 12.0 Å². The normalized spacial score (nSPS) is 14.6. The van der Waals surface area contributed by atoms with E-state index in [1.165, 1.54) is 36.6 Å². The Morgan fingerprint density at radius 2 is 2.05 bits per heavy atom. The largest absolute Gasteiger partial charge is 0.464 e. The molecule has 0 bridgehead atoms. The van der Waals surface area contributed by atoms with Crippen molar-refractivity contribution in [3.63, 3.8) is 0 Å². The first-order valence-corrected chi connectivity index (χ1v) is 7.72. The van der Waals surface area contributed by atoms with Gasteiger partial charge in [-0.25, -0.2) is 0 Å². The van der Waals surface area contributed by atoms with E-state index in [1.807, 2.05) is 24.5 Å². The Hall–Kier alpha value is -1.32. The van der Waals surface area contributed by atoms with Crippen molar-refractivity contribution >= 4 is 11.0 Å². The molecule has 0 aliphatic heterocycles. The molecule has 0 spiro atoms. The Balaban J connectivity index is 2.15. The van der Waals surface area contributed by atoms with Crippen LogP contribution in [0.4, 0.5) is 0 Å². The molecule has 20 heavy (non-hydrogen) atoms. The molecule has 3 N–H and O–H groups in total. The summed E-state index contributed by atoms with van der Waals surface area (Å²) in [5.74, 6) is 6.51. The van der Waals surface area contributed by atoms with E-state index in [1.54, 1.807) is 0 Å². The van der Waals surface area contributed by atoms with Crippen molar-refractivity contribution in [1.29, 1.82) is 0 Å². The average molecular weight is 274 g/mol. The lowest BCUT2D eigenvalue weighted by atomic mass is 9.89. The van der Waals surface area contributed by atoms with Gasteiger partial charge in [0, 0.05) is 10.9 Å². The van der Waals surface area contributed by atoms with Gasteiger partial charge in [-0.15, -0.1) is 0 Å². The molecule has 3 heteroatoms. The quantitative estimate of drug-likeness (QED) is 0.548. The van der Waals surface area contributed by atoms with Crippen LogP contribution in [-0.2, 0) is 0 Å². The molecule has 0 aliphatic carbocycles. The monoisotopic (exact) mass is 274 g/mol. The number of hydrogen-bond donors (Lipinski definition) is 2. The maximum absolute atomic E-state index is 5.80. The summed E-state index contributed by atoms with van der Waals surface area (Å²) in [6.45, 7) is 4.51. The summed E-state index contributed by atoms with van der Waals surface area (Å²) >= 11 is 0. The number of fused-ring (bicyclic) bond motifs is 1. The van der Waals surface area contributed by atoms with Gasteiger partial charge in [-0.2, -0.15) is 0 Å². The van der Waals surface area contributed by atoms with Crippen LogP contribution in [0.3, 0.4) is 0 Å². The minimum Gasteiger partial charge on any atom is -0.464 e. The summed E-state index contributed by atoms with van der Waals surface area (Å²) in [5.41, 5.74) is 5.09. The fourth-order valence-corrected chi connectivity index (χ4v) is 2.87. The zero-order valence-electron chi connectivity index (χ0n) is 12.6. The highest BCUT2D eigenvalue weighted by Gasteiger charge is 2.19. The first-order chi connectivity index (χ1) is 9.80. The Kier molecular flexibility index (Phi) is 5.62. The molecular weight excluding hydrogens is 248 g/mol. The molecule has 2 unspecified atom stereocenters. The molecule has 0 aliphatic rings. The van der Waals surface area contributed by atoms with Crippen LogP contribution in [-0.4, -0.2) is 0 Å². The molecule has 1 heterocycles. The molecule has 0 amide bonds. The van der Waals surface area contributed by atoms with E-state index in [4.69, 9.17) is 10.3 Å². The van der Waals surface area contributed by atoms with Crippen molar-refractivity contribution in [3.05, 3.63) is 36.1 Å². The molecule has 1 aromatic carbocycles. The summed E-state index contributed by atoms with van der Waals surface area (Å²) in [6, 6.07) is 8.31. The van der Waals surface area contributed by atoms with Crippen molar-refractivity contribution in [2.75, 3.05) is 0 Å². The highest BCUT2D eigenvalue weighted by atomic mass is 16.3. The van der Waals surface area contributed by atoms with Crippen LogP contribution in [0.5, 0.6) is 0 Å². The maximum atomic E-state index is 5.80. The summed E-state index contributed by atoms with van der Waals surface area (Å²) in [4.78, 5) is 0. The molecule has 1 aromatic heterocycles. The highest BCUT2D eigenvalue weighted by molar-refractivity contribution is 5.81. The van der Waals surface area contributed by atoms with Crippen LogP contribution in [0.15, 0.2) is 34.9 Å². The van der Waals surface area contributed by atoms with Crippen LogP contribution in [0.25, 0.3) is 11.0 Å². The average Bonchev–Trinajstić information content (AvgIpc) is 2.92. The Morgan fingerprint density at radius 1 is 1.25 bits per heavy atom. The third kappa shape index (κ3) is 3.41. The highest BCUT2D eigenvalue weighted by Crippen LogP contribution is 2.31. The first kappa shape index (κ1) is 15.1. The lowest BCUT2D eigenvalue weighted by Crippen LogP contribution is -2.29. The number of hydrazine groups is 1. The van der Waals surface area contributed by atoms with Gasteiger partial charge >= 0.3 is 0 Å². The number of benzene rings is 1. The van der Waals surface area contributed by atoms with Crippen molar-refractivity contribution in [1.82, 2.24) is 5.43 Å². The van der Waals surface area contributed by atoms with Gasteiger partial charge in [-0.3, -0.25) is 11.3 Å². The first-order valence-electron chi connectivity index (χ1n) is 7.72. The topological polar surface area (TPSA) is 51.2 Å². The van der Waals surface area contributed by atoms with E-state index in [-0.39, 0.29) is 6.04 Å². The maximum Gasteiger partial charge on any atom is 0.134 e. The molecule has 0 saturated heterocycles. The second-order valence-corrected chi connectivity index (χ2v) is 5.56. The van der Waals surface area contributed by atoms with Crippen molar-refractivity contribution in [3.8, 4) is 0 Å². The van der Waals surface area contributed by atoms with Gasteiger partial charge in [0.25, 0.3) is 0 Å². The summed E-state index contributed by atoms with van der Waals surface area (Å²) < 4.78 is 5.63. The van der Waals surface area contributed by atoms with Crippen LogP contribution in [0.2, 0.25) is 0 Å². The minimum atomic E-state index is 0.167. The number of para-hydroxylation sites is 1. The Bertz CT molecular complexity index is 520. The fourth-order valence-electron chi connectivity index (χ4n) is 2.87. The summed E-state index contributed by atoms with van der Waals surface area (Å²) in [7, 11) is 0. The number of nitrogens with one attached hydrogen (secondary N) is 1. The number of rotatable bonds is 8. The van der Waals surface area contributed by atoms with Crippen molar-refractivity contribution < 1.29 is 4.42 Å². The molecule has 110 valence electrons. The van der Waals surface area contributed by atoms with Gasteiger partial charge in [0.05, 0.1) is 12.3 Å². The van der Waals surface area contributed by atoms with Crippen LogP contribution in [0, 0.1) is 5.92 Å². The van der Waals surface area contributed by atoms with Gasteiger partial charge in [-0.1, -0.05) is 57.7 Å². The number of nitrogens with two attached hydrogens (primary N) is 1. The van der Waals surface area contributed by atoms with Gasteiger partial charge in [0.1, 0.15) is 5.58 Å². The Labute approximate surface area is 121 Å². The molecule has 2 aromatic rings. The van der Waals surface area contributed by atoms with Gasteiger partial charge in [0.2, 0.25) is 0 Å². The number of unbranched alkanes of at least 4 members (excludes halogenated alkanes) is 1. The van der Waals surface area contributed by atoms with Gasteiger partial charge < -0.3 is 4.42 Å². The fraction of sp³-hybridized carbons (Fsp3) is 0.529. The second-order valence-electron chi connectivity index (χ2n) is 5.56. The molecule has 2 atom stereocenters. The number of hydrogen-bond acceptors (Lipinski definition) is 3. The predicted octanol–water partition coefficient (Wildman–Crippen LogP) is 4.54. The van der Waals surface area contributed by atoms with Gasteiger partial charge in [0.15, 0.2) is 0 Å². The van der Waals surface area contributed by atoms with Gasteiger partial charge in [-0.05, 0) is 18.4 Å². The zero-order chi connectivity index (χ0) is 14.4. The summed E-state index contributed by atoms with van der Waals surface area (Å²) in [5, 5.41) is 1.17. The molecule has 2 rings (SSSR count). The molecule has 0 saturated carbocycles. The molecule has 3 nitrogen and oxygen atoms in total. The van der Waals surface area contributed by atoms with E-state index in [9.17, 15) is 0 Å². The third-order valence-corrected chi connectivity index (χ3v) is 4.20. The third-order valence-electron chi connectivity index (χ3n) is 4.20. The van der Waals surface area contributed by atoms with Crippen LogP contribution < -0.4 is 11.3 Å². The minimum absolute atomic E-state index is 0.167. The SMILES string of the molecule is CCCCC(CC)CC(NN)c1coc2ccccc12. The molecular formula is C17H26N2O. The molecule has 0 fully saturated rings. The van der Waals surface area contributed by atoms with E-state index >= 15 is 0 Å². The van der Waals surface area contributed by atoms with E-state index in [2.05, 4.69) is 25.3 Å². The Morgan fingerprint density at radius 3 is 2.75 bits per heavy atom. The zero-order valence-corrected chi connectivity index (χ0v) is 12.6. The van der Waals surface area contributed by atoms with Crippen molar-refractivity contribution in [2.24, 2.45) is 11.8 Å². The lowest BCUT2D eigenvalue weighted by molar-refractivity contribution is 0.356. The predicted molar refractivity (Wildman–Crippen MR) is 84.2 cm³/mol. The lowest BCUT2D eigenvalue weighted by Gasteiger charge is -2.21. The van der Waals surface area contributed by atoms with Crippen molar-refractivity contribution in [2.45, 2.75) is 52.0 Å². The van der Waals surface area contributed by atoms with E-state index < -0.39 is 0 Å². The number of furan rings is 1. The standard InChI is InChI=1S/C17H26N2O/c1-3-5-8-13(4-2)11-16(19-18)15-12-20-17-10-7-6-9-14(15)17/h6-7,9-10,12-13,16,19H,3-5,8,11,18H2,1-2H3. The summed E-state index contributed by atoms with van der Waals surface area (Å²) in [6.07, 6.45) is 7.95.